The van der Waals surface area contributed by atoms with Gasteiger partial charge in [0.2, 0.25) is 10.0 Å². The lowest BCUT2D eigenvalue weighted by Gasteiger charge is -2.30. The minimum Gasteiger partial charge on any atom is -0.383 e. The van der Waals surface area contributed by atoms with E-state index in [2.05, 4.69) is 15.7 Å². The van der Waals surface area contributed by atoms with Crippen LogP contribution in [0.15, 0.2) is 12.4 Å². The van der Waals surface area contributed by atoms with Crippen molar-refractivity contribution in [2.45, 2.75) is 25.4 Å². The van der Waals surface area contributed by atoms with Crippen molar-refractivity contribution in [3.63, 3.8) is 0 Å². The number of sulfonamides is 1. The predicted molar refractivity (Wildman–Crippen MR) is 85.7 cm³/mol. The van der Waals surface area contributed by atoms with Crippen molar-refractivity contribution in [2.75, 3.05) is 38.4 Å². The fraction of sp³-hybridized carbons (Fsp3) is 0.692. The predicted octanol–water partition coefficient (Wildman–Crippen LogP) is 0.0750. The molecule has 0 saturated carbocycles. The van der Waals surface area contributed by atoms with Gasteiger partial charge in [-0.1, -0.05) is 0 Å². The summed E-state index contributed by atoms with van der Waals surface area (Å²) >= 11 is 0. The van der Waals surface area contributed by atoms with E-state index in [1.54, 1.807) is 24.2 Å². The molecule has 1 aromatic rings. The molecule has 10 heteroatoms. The first-order valence-electron chi connectivity index (χ1n) is 7.42. The molecule has 23 heavy (non-hydrogen) atoms. The Morgan fingerprint density at radius 2 is 2.13 bits per heavy atom. The fourth-order valence-corrected chi connectivity index (χ4v) is 3.29. The van der Waals surface area contributed by atoms with E-state index in [0.717, 1.165) is 0 Å². The highest BCUT2D eigenvalue weighted by Crippen LogP contribution is 2.13. The van der Waals surface area contributed by atoms with Crippen LogP contribution in [0, 0.1) is 0 Å². The Morgan fingerprint density at radius 3 is 2.74 bits per heavy atom. The fourth-order valence-electron chi connectivity index (χ4n) is 2.42. The SMILES string of the molecule is COCCn1cc(NC(=O)NC2CCN(S(C)(=O)=O)CC2)cn1. The molecule has 1 fully saturated rings. The number of rotatable bonds is 6. The van der Waals surface area contributed by atoms with Crippen molar-refractivity contribution in [2.24, 2.45) is 0 Å². The molecule has 0 radical (unpaired) electrons. The summed E-state index contributed by atoms with van der Waals surface area (Å²) in [4.78, 5) is 12.0. The Hall–Kier alpha value is -1.65. The first kappa shape index (κ1) is 17.7. The first-order chi connectivity index (χ1) is 10.9. The zero-order valence-corrected chi connectivity index (χ0v) is 14.2. The summed E-state index contributed by atoms with van der Waals surface area (Å²) in [7, 11) is -1.53. The maximum Gasteiger partial charge on any atom is 0.319 e. The van der Waals surface area contributed by atoms with Gasteiger partial charge in [0.05, 0.1) is 31.3 Å². The maximum atomic E-state index is 12.0. The van der Waals surface area contributed by atoms with E-state index in [1.165, 1.54) is 10.6 Å². The number of amides is 2. The Morgan fingerprint density at radius 1 is 1.43 bits per heavy atom. The maximum absolute atomic E-state index is 12.0. The first-order valence-corrected chi connectivity index (χ1v) is 9.27. The highest BCUT2D eigenvalue weighted by Gasteiger charge is 2.25. The molecular formula is C13H23N5O4S. The van der Waals surface area contributed by atoms with Crippen LogP contribution >= 0.6 is 0 Å². The summed E-state index contributed by atoms with van der Waals surface area (Å²) in [5.74, 6) is 0. The van der Waals surface area contributed by atoms with Crippen molar-refractivity contribution in [3.8, 4) is 0 Å². The Bertz CT molecular complexity index is 622. The second-order valence-corrected chi connectivity index (χ2v) is 7.50. The standard InChI is InChI=1S/C13H23N5O4S/c1-22-8-7-17-10-12(9-14-17)16-13(19)15-11-3-5-18(6-4-11)23(2,20)21/h9-11H,3-8H2,1-2H3,(H2,15,16,19). The van der Waals surface area contributed by atoms with Crippen LogP contribution in [0.2, 0.25) is 0 Å². The Kier molecular flexibility index (Phi) is 5.97. The molecule has 2 heterocycles. The van der Waals surface area contributed by atoms with Gasteiger partial charge >= 0.3 is 6.03 Å². The van der Waals surface area contributed by atoms with Crippen molar-refractivity contribution in [3.05, 3.63) is 12.4 Å². The van der Waals surface area contributed by atoms with Gasteiger partial charge < -0.3 is 15.4 Å². The number of hydrogen-bond acceptors (Lipinski definition) is 5. The number of carbonyl (C=O) groups excluding carboxylic acids is 1. The second-order valence-electron chi connectivity index (χ2n) is 5.52. The molecule has 1 aromatic heterocycles. The van der Waals surface area contributed by atoms with E-state index >= 15 is 0 Å². The van der Waals surface area contributed by atoms with Gasteiger partial charge in [-0.15, -0.1) is 0 Å². The number of anilines is 1. The highest BCUT2D eigenvalue weighted by atomic mass is 32.2. The summed E-state index contributed by atoms with van der Waals surface area (Å²) in [6.07, 6.45) is 5.71. The summed E-state index contributed by atoms with van der Waals surface area (Å²) < 4.78 is 31.0. The van der Waals surface area contributed by atoms with Crippen molar-refractivity contribution >= 4 is 21.7 Å². The number of hydrogen-bond donors (Lipinski definition) is 2. The topological polar surface area (TPSA) is 106 Å². The van der Waals surface area contributed by atoms with E-state index < -0.39 is 10.0 Å². The Labute approximate surface area is 136 Å². The van der Waals surface area contributed by atoms with Crippen LogP contribution < -0.4 is 10.6 Å². The van der Waals surface area contributed by atoms with E-state index in [-0.39, 0.29) is 12.1 Å². The summed E-state index contributed by atoms with van der Waals surface area (Å²) in [6, 6.07) is -0.342. The molecule has 0 atom stereocenters. The van der Waals surface area contributed by atoms with Crippen LogP contribution in [0.3, 0.4) is 0 Å². The third-order valence-electron chi connectivity index (χ3n) is 3.67. The van der Waals surface area contributed by atoms with Crippen LogP contribution in [-0.4, -0.2) is 67.6 Å². The van der Waals surface area contributed by atoms with E-state index in [4.69, 9.17) is 4.74 Å². The molecule has 0 aliphatic carbocycles. The summed E-state index contributed by atoms with van der Waals surface area (Å²) in [5, 5.41) is 9.69. The van der Waals surface area contributed by atoms with Crippen molar-refractivity contribution in [1.29, 1.82) is 0 Å². The van der Waals surface area contributed by atoms with Crippen molar-refractivity contribution in [1.82, 2.24) is 19.4 Å². The third-order valence-corrected chi connectivity index (χ3v) is 4.98. The number of aromatic nitrogens is 2. The van der Waals surface area contributed by atoms with Gasteiger partial charge in [0.1, 0.15) is 0 Å². The molecule has 2 N–H and O–H groups in total. The lowest BCUT2D eigenvalue weighted by molar-refractivity contribution is 0.183. The third kappa shape index (κ3) is 5.48. The van der Waals surface area contributed by atoms with Crippen LogP contribution in [0.4, 0.5) is 10.5 Å². The lowest BCUT2D eigenvalue weighted by atomic mass is 10.1. The van der Waals surface area contributed by atoms with Gasteiger partial charge in [-0.3, -0.25) is 4.68 Å². The zero-order valence-electron chi connectivity index (χ0n) is 13.4. The number of nitrogens with zero attached hydrogens (tertiary/aromatic N) is 3. The van der Waals surface area contributed by atoms with E-state index in [9.17, 15) is 13.2 Å². The summed E-state index contributed by atoms with van der Waals surface area (Å²) in [5.41, 5.74) is 0.604. The quantitative estimate of drug-likeness (QED) is 0.759. The van der Waals surface area contributed by atoms with Gasteiger partial charge in [-0.2, -0.15) is 5.10 Å². The second kappa shape index (κ2) is 7.75. The van der Waals surface area contributed by atoms with Crippen LogP contribution in [-0.2, 0) is 21.3 Å². The molecule has 0 bridgehead atoms. The summed E-state index contributed by atoms with van der Waals surface area (Å²) in [6.45, 7) is 2.02. The van der Waals surface area contributed by atoms with Gasteiger partial charge in [0, 0.05) is 32.4 Å². The normalized spacial score (nSPS) is 17.1. The number of ether oxygens (including phenoxy) is 1. The largest absolute Gasteiger partial charge is 0.383 e. The molecule has 1 aliphatic heterocycles. The monoisotopic (exact) mass is 345 g/mol. The number of urea groups is 1. The molecule has 1 aliphatic rings. The van der Waals surface area contributed by atoms with Gasteiger partial charge in [-0.05, 0) is 12.8 Å². The molecule has 9 nitrogen and oxygen atoms in total. The Balaban J connectivity index is 1.76. The van der Waals surface area contributed by atoms with E-state index in [1.807, 2.05) is 0 Å². The van der Waals surface area contributed by atoms with Gasteiger partial charge in [0.15, 0.2) is 0 Å². The molecule has 130 valence electrons. The molecule has 0 aromatic carbocycles. The number of methoxy groups -OCH3 is 1. The smallest absolute Gasteiger partial charge is 0.319 e. The van der Waals surface area contributed by atoms with Gasteiger partial charge in [0.25, 0.3) is 0 Å². The van der Waals surface area contributed by atoms with Crippen molar-refractivity contribution < 1.29 is 17.9 Å². The highest BCUT2D eigenvalue weighted by molar-refractivity contribution is 7.88. The molecule has 2 rings (SSSR count). The molecule has 0 unspecified atom stereocenters. The average Bonchev–Trinajstić information content (AvgIpc) is 2.92. The molecule has 1 saturated heterocycles. The minimum atomic E-state index is -3.15. The van der Waals surface area contributed by atoms with Crippen LogP contribution in [0.1, 0.15) is 12.8 Å². The number of nitrogens with one attached hydrogen (secondary N) is 2. The average molecular weight is 345 g/mol. The molecule has 2 amide bonds. The minimum absolute atomic E-state index is 0.0310. The van der Waals surface area contributed by atoms with Gasteiger partial charge in [-0.25, -0.2) is 17.5 Å². The zero-order chi connectivity index (χ0) is 16.9. The molecular weight excluding hydrogens is 322 g/mol. The van der Waals surface area contributed by atoms with E-state index in [0.29, 0.717) is 44.8 Å². The number of piperidine rings is 1. The number of carbonyl (C=O) groups is 1. The van der Waals surface area contributed by atoms with Crippen LogP contribution in [0.25, 0.3) is 0 Å². The lowest BCUT2D eigenvalue weighted by Crippen LogP contribution is -2.47. The molecule has 0 spiro atoms. The van der Waals surface area contributed by atoms with Crippen LogP contribution in [0.5, 0.6) is 0 Å².